The Bertz CT molecular complexity index is 589. The summed E-state index contributed by atoms with van der Waals surface area (Å²) in [5.74, 6) is 1.61. The minimum Gasteiger partial charge on any atom is -0.368 e. The molecule has 0 unspecified atom stereocenters. The van der Waals surface area contributed by atoms with Crippen LogP contribution in [-0.4, -0.2) is 39.2 Å². The molecule has 1 aliphatic rings. The molecule has 0 radical (unpaired) electrons. The molecular weight excluding hydrogens is 266 g/mol. The lowest BCUT2D eigenvalue weighted by molar-refractivity contribution is 0.345. The summed E-state index contributed by atoms with van der Waals surface area (Å²) in [7, 11) is 2.01. The molecule has 7 heteroatoms. The van der Waals surface area contributed by atoms with Gasteiger partial charge in [0, 0.05) is 50.6 Å². The number of nitrogens with zero attached hydrogens (tertiary/aromatic N) is 5. The van der Waals surface area contributed by atoms with Crippen LogP contribution in [0.4, 0.5) is 11.8 Å². The molecule has 0 saturated heterocycles. The van der Waals surface area contributed by atoms with E-state index in [1.807, 2.05) is 30.2 Å². The Labute approximate surface area is 124 Å². The van der Waals surface area contributed by atoms with E-state index in [9.17, 15) is 0 Å². The van der Waals surface area contributed by atoms with Crippen molar-refractivity contribution in [3.8, 4) is 0 Å². The Morgan fingerprint density at radius 1 is 1.38 bits per heavy atom. The molecular formula is C14H21N7. The van der Waals surface area contributed by atoms with Crippen molar-refractivity contribution in [3.63, 3.8) is 0 Å². The van der Waals surface area contributed by atoms with Crippen LogP contribution in [0.3, 0.4) is 0 Å². The second-order valence-electron chi connectivity index (χ2n) is 5.66. The fourth-order valence-corrected chi connectivity index (χ4v) is 2.58. The molecule has 21 heavy (non-hydrogen) atoms. The highest BCUT2D eigenvalue weighted by molar-refractivity contribution is 5.44. The Kier molecular flexibility index (Phi) is 3.74. The average molecular weight is 287 g/mol. The van der Waals surface area contributed by atoms with Crippen LogP contribution in [0.2, 0.25) is 0 Å². The SMILES string of the molecule is CN(CCn1ccnc1)c1cc(C2CC(N)C2)nc(N)n1. The zero-order valence-electron chi connectivity index (χ0n) is 12.2. The van der Waals surface area contributed by atoms with E-state index < -0.39 is 0 Å². The first-order valence-electron chi connectivity index (χ1n) is 7.18. The van der Waals surface area contributed by atoms with Crippen molar-refractivity contribution in [2.75, 3.05) is 24.2 Å². The minimum absolute atomic E-state index is 0.300. The molecule has 2 heterocycles. The van der Waals surface area contributed by atoms with Crippen molar-refractivity contribution in [1.82, 2.24) is 19.5 Å². The van der Waals surface area contributed by atoms with Gasteiger partial charge in [-0.3, -0.25) is 0 Å². The topological polar surface area (TPSA) is 98.9 Å². The lowest BCUT2D eigenvalue weighted by atomic mass is 9.78. The molecule has 2 aromatic rings. The molecule has 1 saturated carbocycles. The maximum absolute atomic E-state index is 5.85. The Morgan fingerprint density at radius 3 is 2.86 bits per heavy atom. The number of nitrogens with two attached hydrogens (primary N) is 2. The van der Waals surface area contributed by atoms with Gasteiger partial charge in [0.05, 0.1) is 12.0 Å². The third-order valence-corrected chi connectivity index (χ3v) is 3.99. The van der Waals surface area contributed by atoms with E-state index in [1.54, 1.807) is 6.20 Å². The second kappa shape index (κ2) is 5.69. The molecule has 4 N–H and O–H groups in total. The maximum atomic E-state index is 5.85. The smallest absolute Gasteiger partial charge is 0.222 e. The van der Waals surface area contributed by atoms with Gasteiger partial charge in [-0.2, -0.15) is 4.98 Å². The first-order valence-corrected chi connectivity index (χ1v) is 7.18. The third kappa shape index (κ3) is 3.13. The molecule has 0 atom stereocenters. The largest absolute Gasteiger partial charge is 0.368 e. The predicted molar refractivity (Wildman–Crippen MR) is 81.9 cm³/mol. The summed E-state index contributed by atoms with van der Waals surface area (Å²) in [6.45, 7) is 1.68. The van der Waals surface area contributed by atoms with E-state index in [0.717, 1.165) is 37.4 Å². The standard InChI is InChI=1S/C14H21N7/c1-20(4-5-21-3-2-17-9-21)13-8-12(18-14(16)19-13)10-6-11(15)7-10/h2-3,8-11H,4-7,15H2,1H3,(H2,16,18,19). The summed E-state index contributed by atoms with van der Waals surface area (Å²) in [6.07, 6.45) is 7.50. The van der Waals surface area contributed by atoms with Crippen LogP contribution in [0.5, 0.6) is 0 Å². The highest BCUT2D eigenvalue weighted by Gasteiger charge is 2.29. The summed E-state index contributed by atoms with van der Waals surface area (Å²) in [5, 5.41) is 0. The van der Waals surface area contributed by atoms with Crippen molar-refractivity contribution in [2.24, 2.45) is 5.73 Å². The molecule has 3 rings (SSSR count). The quantitative estimate of drug-likeness (QED) is 0.835. The number of imidazole rings is 1. The highest BCUT2D eigenvalue weighted by Crippen LogP contribution is 2.35. The van der Waals surface area contributed by atoms with Crippen LogP contribution in [0, 0.1) is 0 Å². The molecule has 1 aliphatic carbocycles. The molecule has 0 aromatic carbocycles. The molecule has 7 nitrogen and oxygen atoms in total. The van der Waals surface area contributed by atoms with Crippen LogP contribution in [0.1, 0.15) is 24.5 Å². The molecule has 0 bridgehead atoms. The highest BCUT2D eigenvalue weighted by atomic mass is 15.2. The van der Waals surface area contributed by atoms with Gasteiger partial charge in [-0.15, -0.1) is 0 Å². The number of hydrogen-bond donors (Lipinski definition) is 2. The van der Waals surface area contributed by atoms with Gasteiger partial charge in [-0.25, -0.2) is 9.97 Å². The fraction of sp³-hybridized carbons (Fsp3) is 0.500. The van der Waals surface area contributed by atoms with Crippen LogP contribution in [0.25, 0.3) is 0 Å². The number of aromatic nitrogens is 4. The molecule has 0 aliphatic heterocycles. The van der Waals surface area contributed by atoms with Crippen LogP contribution >= 0.6 is 0 Å². The van der Waals surface area contributed by atoms with E-state index in [0.29, 0.717) is 17.9 Å². The number of likely N-dealkylation sites (N-methyl/N-ethyl adjacent to an activating group) is 1. The summed E-state index contributed by atoms with van der Waals surface area (Å²) in [6, 6.07) is 2.33. The Morgan fingerprint density at radius 2 is 2.19 bits per heavy atom. The van der Waals surface area contributed by atoms with Gasteiger partial charge in [-0.1, -0.05) is 0 Å². The maximum Gasteiger partial charge on any atom is 0.222 e. The molecule has 1 fully saturated rings. The number of nitrogen functional groups attached to an aromatic ring is 1. The van der Waals surface area contributed by atoms with Gasteiger partial charge in [0.2, 0.25) is 5.95 Å². The average Bonchev–Trinajstić information content (AvgIpc) is 2.94. The van der Waals surface area contributed by atoms with Gasteiger partial charge in [-0.05, 0) is 12.8 Å². The number of hydrogen-bond acceptors (Lipinski definition) is 6. The van der Waals surface area contributed by atoms with Gasteiger partial charge < -0.3 is 20.9 Å². The van der Waals surface area contributed by atoms with Gasteiger partial charge in [0.1, 0.15) is 5.82 Å². The van der Waals surface area contributed by atoms with Gasteiger partial charge >= 0.3 is 0 Å². The van der Waals surface area contributed by atoms with Crippen molar-refractivity contribution in [2.45, 2.75) is 31.3 Å². The summed E-state index contributed by atoms with van der Waals surface area (Å²) < 4.78 is 2.03. The van der Waals surface area contributed by atoms with E-state index in [4.69, 9.17) is 11.5 Å². The lowest BCUT2D eigenvalue weighted by Crippen LogP contribution is -2.35. The summed E-state index contributed by atoms with van der Waals surface area (Å²) >= 11 is 0. The van der Waals surface area contributed by atoms with Crippen molar-refractivity contribution >= 4 is 11.8 Å². The summed E-state index contributed by atoms with van der Waals surface area (Å²) in [5.41, 5.74) is 12.7. The predicted octanol–water partition coefficient (Wildman–Crippen LogP) is 0.596. The zero-order valence-corrected chi connectivity index (χ0v) is 12.2. The number of rotatable bonds is 5. The van der Waals surface area contributed by atoms with Crippen molar-refractivity contribution in [1.29, 1.82) is 0 Å². The summed E-state index contributed by atoms with van der Waals surface area (Å²) in [4.78, 5) is 14.8. The van der Waals surface area contributed by atoms with E-state index in [1.165, 1.54) is 0 Å². The molecule has 112 valence electrons. The second-order valence-corrected chi connectivity index (χ2v) is 5.66. The van der Waals surface area contributed by atoms with Crippen LogP contribution in [0.15, 0.2) is 24.8 Å². The number of anilines is 2. The van der Waals surface area contributed by atoms with Gasteiger partial charge in [0.25, 0.3) is 0 Å². The first-order chi connectivity index (χ1) is 10.1. The minimum atomic E-state index is 0.300. The monoisotopic (exact) mass is 287 g/mol. The van der Waals surface area contributed by atoms with Crippen LogP contribution < -0.4 is 16.4 Å². The molecule has 0 spiro atoms. The van der Waals surface area contributed by atoms with E-state index in [-0.39, 0.29) is 0 Å². The first kappa shape index (κ1) is 13.8. The fourth-order valence-electron chi connectivity index (χ4n) is 2.58. The van der Waals surface area contributed by atoms with Crippen molar-refractivity contribution < 1.29 is 0 Å². The molecule has 0 amide bonds. The Hall–Kier alpha value is -2.15. The Balaban J connectivity index is 1.68. The van der Waals surface area contributed by atoms with Gasteiger partial charge in [0.15, 0.2) is 0 Å². The van der Waals surface area contributed by atoms with Crippen molar-refractivity contribution in [3.05, 3.63) is 30.5 Å². The zero-order chi connectivity index (χ0) is 14.8. The normalized spacial score (nSPS) is 21.0. The molecule has 2 aromatic heterocycles. The third-order valence-electron chi connectivity index (χ3n) is 3.99. The van der Waals surface area contributed by atoms with E-state index >= 15 is 0 Å². The van der Waals surface area contributed by atoms with E-state index in [2.05, 4.69) is 19.9 Å². The van der Waals surface area contributed by atoms with Crippen LogP contribution in [-0.2, 0) is 6.54 Å². The lowest BCUT2D eigenvalue weighted by Gasteiger charge is -2.32.